The maximum Gasteiger partial charge on any atom is 0.230 e. The first-order valence-corrected chi connectivity index (χ1v) is 13.9. The summed E-state index contributed by atoms with van der Waals surface area (Å²) < 4.78 is 25.8. The molecule has 0 bridgehead atoms. The number of nitrogens with zero attached hydrogens (tertiary/aromatic N) is 5. The van der Waals surface area contributed by atoms with Crippen molar-refractivity contribution in [3.8, 4) is 22.6 Å². The van der Waals surface area contributed by atoms with Gasteiger partial charge in [-0.3, -0.25) is 4.79 Å². The Balaban J connectivity index is 1.36. The normalized spacial score (nSPS) is 21.5. The van der Waals surface area contributed by atoms with Crippen LogP contribution in [0.15, 0.2) is 36.5 Å². The number of nitrogens with one attached hydrogen (secondary N) is 2. The molecule has 1 aromatic carbocycles. The number of carbonyl (C=O) groups excluding carboxylic acids is 1. The number of piperidine rings is 1. The van der Waals surface area contributed by atoms with Crippen LogP contribution in [0.25, 0.3) is 22.6 Å². The fraction of sp³-hybridized carbons (Fsp3) is 0.517. The number of aromatic nitrogens is 4. The standard InChI is InChI=1S/C29H38FN7O3/c1-29(27(38)31-13-7-15-36(2)3)18-39-26(40-19-29)25-34-23(20-8-10-21(30)11-9-20)24(35-25)22-12-14-32-28(33-22)37-16-5-4-6-17-37/h8-12,14,26H,4-7,13,15-19H2,1-3H3,(H,31,38)(H,34,35). The molecule has 2 aliphatic heterocycles. The van der Waals surface area contributed by atoms with Gasteiger partial charge in [0.2, 0.25) is 18.1 Å². The van der Waals surface area contributed by atoms with Crippen molar-refractivity contribution in [2.75, 3.05) is 58.4 Å². The highest BCUT2D eigenvalue weighted by Gasteiger charge is 2.40. The Bertz CT molecular complexity index is 1280. The predicted octanol–water partition coefficient (Wildman–Crippen LogP) is 3.78. The quantitative estimate of drug-likeness (QED) is 0.387. The Hall–Kier alpha value is -3.41. The first-order chi connectivity index (χ1) is 19.3. The molecule has 0 unspecified atom stereocenters. The molecule has 1 amide bonds. The van der Waals surface area contributed by atoms with Crippen LogP contribution in [-0.4, -0.2) is 84.2 Å². The second kappa shape index (κ2) is 12.4. The van der Waals surface area contributed by atoms with E-state index in [0.29, 0.717) is 35.4 Å². The number of hydrogen-bond donors (Lipinski definition) is 2. The molecule has 0 aliphatic carbocycles. The number of hydrogen-bond acceptors (Lipinski definition) is 8. The van der Waals surface area contributed by atoms with Crippen molar-refractivity contribution >= 4 is 11.9 Å². The summed E-state index contributed by atoms with van der Waals surface area (Å²) >= 11 is 0. The molecule has 40 heavy (non-hydrogen) atoms. The molecule has 10 nitrogen and oxygen atoms in total. The summed E-state index contributed by atoms with van der Waals surface area (Å²) in [6.45, 7) is 5.55. The van der Waals surface area contributed by atoms with Crippen LogP contribution >= 0.6 is 0 Å². The highest BCUT2D eigenvalue weighted by atomic mass is 19.1. The summed E-state index contributed by atoms with van der Waals surface area (Å²) in [7, 11) is 4.01. The van der Waals surface area contributed by atoms with Gasteiger partial charge >= 0.3 is 0 Å². The zero-order valence-corrected chi connectivity index (χ0v) is 23.5. The van der Waals surface area contributed by atoms with Gasteiger partial charge in [0, 0.05) is 31.4 Å². The van der Waals surface area contributed by atoms with Gasteiger partial charge in [-0.15, -0.1) is 0 Å². The minimum absolute atomic E-state index is 0.0944. The zero-order chi connectivity index (χ0) is 28.1. The van der Waals surface area contributed by atoms with E-state index in [0.717, 1.165) is 44.5 Å². The van der Waals surface area contributed by atoms with Crippen molar-refractivity contribution in [2.24, 2.45) is 5.41 Å². The molecule has 2 fully saturated rings. The van der Waals surface area contributed by atoms with Gasteiger partial charge in [0.15, 0.2) is 5.82 Å². The van der Waals surface area contributed by atoms with Gasteiger partial charge in [0.1, 0.15) is 5.82 Å². The Labute approximate surface area is 234 Å². The monoisotopic (exact) mass is 551 g/mol. The number of halogens is 1. The maximum absolute atomic E-state index is 13.7. The van der Waals surface area contributed by atoms with Crippen molar-refractivity contribution in [1.29, 1.82) is 0 Å². The Kier molecular flexibility index (Phi) is 8.72. The summed E-state index contributed by atoms with van der Waals surface area (Å²) in [5, 5.41) is 3.00. The van der Waals surface area contributed by atoms with Gasteiger partial charge in [-0.25, -0.2) is 19.3 Å². The number of anilines is 1. The average Bonchev–Trinajstić information content (AvgIpc) is 3.42. The van der Waals surface area contributed by atoms with E-state index in [4.69, 9.17) is 19.4 Å². The molecule has 3 aromatic rings. The van der Waals surface area contributed by atoms with Crippen molar-refractivity contribution in [1.82, 2.24) is 30.2 Å². The minimum Gasteiger partial charge on any atom is -0.355 e. The third kappa shape index (κ3) is 6.48. The molecule has 2 saturated heterocycles. The molecule has 214 valence electrons. The summed E-state index contributed by atoms with van der Waals surface area (Å²) in [5.74, 6) is 0.716. The van der Waals surface area contributed by atoms with Gasteiger partial charge in [0.05, 0.1) is 35.7 Å². The van der Waals surface area contributed by atoms with Gasteiger partial charge in [-0.05, 0) is 83.6 Å². The average molecular weight is 552 g/mol. The van der Waals surface area contributed by atoms with Crippen LogP contribution in [0.4, 0.5) is 10.3 Å². The third-order valence-electron chi connectivity index (χ3n) is 7.32. The number of ether oxygens (including phenoxy) is 2. The van der Waals surface area contributed by atoms with Crippen LogP contribution < -0.4 is 10.2 Å². The van der Waals surface area contributed by atoms with Crippen molar-refractivity contribution in [2.45, 2.75) is 38.9 Å². The molecule has 4 heterocycles. The third-order valence-corrected chi connectivity index (χ3v) is 7.32. The van der Waals surface area contributed by atoms with Gasteiger partial charge < -0.3 is 29.6 Å². The Morgan fingerprint density at radius 2 is 1.85 bits per heavy atom. The summed E-state index contributed by atoms with van der Waals surface area (Å²) in [6.07, 6.45) is 5.28. The number of imidazole rings is 1. The van der Waals surface area contributed by atoms with E-state index in [2.05, 4.69) is 25.1 Å². The molecule has 5 rings (SSSR count). The second-order valence-electron chi connectivity index (χ2n) is 11.1. The number of rotatable bonds is 9. The van der Waals surface area contributed by atoms with Crippen LogP contribution in [-0.2, 0) is 14.3 Å². The van der Waals surface area contributed by atoms with E-state index < -0.39 is 11.7 Å². The molecule has 11 heteroatoms. The number of H-pyrrole nitrogens is 1. The predicted molar refractivity (Wildman–Crippen MR) is 150 cm³/mol. The number of carbonyl (C=O) groups is 1. The van der Waals surface area contributed by atoms with Crippen molar-refractivity contribution in [3.63, 3.8) is 0 Å². The second-order valence-corrected chi connectivity index (χ2v) is 11.1. The lowest BCUT2D eigenvalue weighted by molar-refractivity contribution is -0.231. The first-order valence-electron chi connectivity index (χ1n) is 13.9. The lowest BCUT2D eigenvalue weighted by Gasteiger charge is -2.35. The van der Waals surface area contributed by atoms with E-state index in [1.807, 2.05) is 27.1 Å². The summed E-state index contributed by atoms with van der Waals surface area (Å²) in [4.78, 5) is 34.7. The Morgan fingerprint density at radius 3 is 2.55 bits per heavy atom. The zero-order valence-electron chi connectivity index (χ0n) is 23.5. The van der Waals surface area contributed by atoms with E-state index in [-0.39, 0.29) is 24.9 Å². The minimum atomic E-state index is -0.806. The van der Waals surface area contributed by atoms with Gasteiger partial charge in [-0.2, -0.15) is 0 Å². The van der Waals surface area contributed by atoms with Gasteiger partial charge in [0.25, 0.3) is 0 Å². The highest BCUT2D eigenvalue weighted by molar-refractivity contribution is 5.82. The van der Waals surface area contributed by atoms with E-state index >= 15 is 0 Å². The lowest BCUT2D eigenvalue weighted by Crippen LogP contribution is -2.49. The number of benzene rings is 1. The number of amides is 1. The van der Waals surface area contributed by atoms with Crippen LogP contribution in [0, 0.1) is 11.2 Å². The molecular formula is C29H38FN7O3. The Morgan fingerprint density at radius 1 is 1.12 bits per heavy atom. The molecule has 0 atom stereocenters. The topological polar surface area (TPSA) is 109 Å². The molecule has 2 aromatic heterocycles. The molecule has 2 N–H and O–H groups in total. The molecule has 2 aliphatic rings. The van der Waals surface area contributed by atoms with E-state index in [9.17, 15) is 9.18 Å². The van der Waals surface area contributed by atoms with Crippen LogP contribution in [0.1, 0.15) is 44.7 Å². The first kappa shape index (κ1) is 28.1. The summed E-state index contributed by atoms with van der Waals surface area (Å²) in [5.41, 5.74) is 1.87. The fourth-order valence-corrected chi connectivity index (χ4v) is 4.95. The smallest absolute Gasteiger partial charge is 0.230 e. The largest absolute Gasteiger partial charge is 0.355 e. The van der Waals surface area contributed by atoms with Crippen molar-refractivity contribution in [3.05, 3.63) is 48.2 Å². The molecule has 0 saturated carbocycles. The number of aromatic amines is 1. The lowest BCUT2D eigenvalue weighted by atomic mass is 9.91. The van der Waals surface area contributed by atoms with E-state index in [1.165, 1.54) is 18.6 Å². The van der Waals surface area contributed by atoms with Crippen LogP contribution in [0.5, 0.6) is 0 Å². The SMILES string of the molecule is CN(C)CCCNC(=O)C1(C)COC(c2nc(-c3ccc(F)cc3)c(-c3ccnc(N4CCCCC4)n3)[nH]2)OC1. The van der Waals surface area contributed by atoms with Crippen molar-refractivity contribution < 1.29 is 18.7 Å². The molecular weight excluding hydrogens is 513 g/mol. The summed E-state index contributed by atoms with van der Waals surface area (Å²) in [6, 6.07) is 8.02. The van der Waals surface area contributed by atoms with E-state index in [1.54, 1.807) is 18.3 Å². The van der Waals surface area contributed by atoms with Crippen LogP contribution in [0.3, 0.4) is 0 Å². The van der Waals surface area contributed by atoms with Crippen LogP contribution in [0.2, 0.25) is 0 Å². The molecule has 0 radical (unpaired) electrons. The van der Waals surface area contributed by atoms with Gasteiger partial charge in [-0.1, -0.05) is 0 Å². The fourth-order valence-electron chi connectivity index (χ4n) is 4.95. The highest BCUT2D eigenvalue weighted by Crippen LogP contribution is 2.36. The maximum atomic E-state index is 13.7. The molecule has 0 spiro atoms.